The van der Waals surface area contributed by atoms with Gasteiger partial charge in [0, 0.05) is 6.42 Å². The van der Waals surface area contributed by atoms with Crippen molar-refractivity contribution in [3.63, 3.8) is 0 Å². The van der Waals surface area contributed by atoms with Crippen LogP contribution in [0, 0.1) is 5.82 Å². The van der Waals surface area contributed by atoms with Gasteiger partial charge in [-0.15, -0.1) is 0 Å². The molecule has 0 aromatic heterocycles. The fraction of sp³-hybridized carbons (Fsp3) is 0.308. The molecule has 0 bridgehead atoms. The molecule has 3 amide bonds. The summed E-state index contributed by atoms with van der Waals surface area (Å²) in [4.78, 5) is 35.0. The maximum absolute atomic E-state index is 13.6. The number of carbonyl (C=O) groups is 3. The predicted molar refractivity (Wildman–Crippen MR) is 66.4 cm³/mol. The van der Waals surface area contributed by atoms with Crippen molar-refractivity contribution in [3.05, 3.63) is 35.6 Å². The molecule has 2 rings (SSSR count). The van der Waals surface area contributed by atoms with Crippen LogP contribution in [-0.2, 0) is 16.0 Å². The molecule has 6 nitrogen and oxygen atoms in total. The van der Waals surface area contributed by atoms with E-state index in [1.54, 1.807) is 6.07 Å². The van der Waals surface area contributed by atoms with Crippen LogP contribution in [-0.4, -0.2) is 40.0 Å². The van der Waals surface area contributed by atoms with Gasteiger partial charge in [0.2, 0.25) is 0 Å². The van der Waals surface area contributed by atoms with Gasteiger partial charge in [-0.25, -0.2) is 9.18 Å². The maximum Gasteiger partial charge on any atom is 0.325 e. The number of imide groups is 1. The second kappa shape index (κ2) is 4.92. The highest BCUT2D eigenvalue weighted by molar-refractivity contribution is 6.08. The van der Waals surface area contributed by atoms with E-state index in [1.165, 1.54) is 25.1 Å². The fourth-order valence-corrected chi connectivity index (χ4v) is 2.17. The molecule has 1 fully saturated rings. The maximum atomic E-state index is 13.6. The number of nitrogens with one attached hydrogen (secondary N) is 1. The third-order valence-electron chi connectivity index (χ3n) is 3.14. The highest BCUT2D eigenvalue weighted by Gasteiger charge is 2.48. The molecule has 1 heterocycles. The topological polar surface area (TPSA) is 86.7 Å². The van der Waals surface area contributed by atoms with E-state index < -0.39 is 35.8 Å². The quantitative estimate of drug-likeness (QED) is 0.797. The standard InChI is InChI=1S/C13H13FN2O4/c1-13(6-8-4-2-3-5-9(8)14)11(19)16(7-10(17)18)12(20)15-13/h2-5H,6-7H2,1H3,(H,15,20)(H,17,18). The van der Waals surface area contributed by atoms with E-state index in [1.807, 2.05) is 0 Å². The Kier molecular flexibility index (Phi) is 3.44. The Bertz CT molecular complexity index is 589. The van der Waals surface area contributed by atoms with Crippen molar-refractivity contribution in [1.82, 2.24) is 10.2 Å². The summed E-state index contributed by atoms with van der Waals surface area (Å²) in [6.45, 7) is 0.735. The van der Waals surface area contributed by atoms with E-state index in [9.17, 15) is 18.8 Å². The van der Waals surface area contributed by atoms with Gasteiger partial charge < -0.3 is 10.4 Å². The molecular weight excluding hydrogens is 267 g/mol. The SMILES string of the molecule is CC1(Cc2ccccc2F)NC(=O)N(CC(=O)O)C1=O. The van der Waals surface area contributed by atoms with Gasteiger partial charge in [-0.2, -0.15) is 0 Å². The highest BCUT2D eigenvalue weighted by Crippen LogP contribution is 2.23. The first-order valence-corrected chi connectivity index (χ1v) is 5.93. The normalized spacial score (nSPS) is 22.0. The number of hydrogen-bond acceptors (Lipinski definition) is 3. The lowest BCUT2D eigenvalue weighted by molar-refractivity contribution is -0.142. The Morgan fingerprint density at radius 2 is 2.05 bits per heavy atom. The largest absolute Gasteiger partial charge is 0.480 e. The van der Waals surface area contributed by atoms with Crippen LogP contribution in [0.25, 0.3) is 0 Å². The van der Waals surface area contributed by atoms with Gasteiger partial charge in [-0.05, 0) is 18.6 Å². The number of hydrogen-bond donors (Lipinski definition) is 2. The van der Waals surface area contributed by atoms with Crippen LogP contribution in [0.2, 0.25) is 0 Å². The van der Waals surface area contributed by atoms with Gasteiger partial charge in [-0.1, -0.05) is 18.2 Å². The number of nitrogens with zero attached hydrogens (tertiary/aromatic N) is 1. The Morgan fingerprint density at radius 3 is 2.65 bits per heavy atom. The second-order valence-electron chi connectivity index (χ2n) is 4.82. The lowest BCUT2D eigenvalue weighted by Gasteiger charge is -2.21. The van der Waals surface area contributed by atoms with Gasteiger partial charge in [0.15, 0.2) is 0 Å². The Hall–Kier alpha value is -2.44. The number of benzene rings is 1. The summed E-state index contributed by atoms with van der Waals surface area (Å²) in [6.07, 6.45) is -0.0413. The number of rotatable bonds is 4. The Labute approximate surface area is 114 Å². The van der Waals surface area contributed by atoms with Gasteiger partial charge in [0.25, 0.3) is 5.91 Å². The zero-order chi connectivity index (χ0) is 14.9. The second-order valence-corrected chi connectivity index (χ2v) is 4.82. The molecule has 1 aliphatic heterocycles. The lowest BCUT2D eigenvalue weighted by Crippen LogP contribution is -2.46. The molecule has 0 aliphatic carbocycles. The van der Waals surface area contributed by atoms with E-state index in [0.29, 0.717) is 4.90 Å². The van der Waals surface area contributed by atoms with E-state index in [4.69, 9.17) is 5.11 Å². The van der Waals surface area contributed by atoms with Gasteiger partial charge in [0.05, 0.1) is 0 Å². The molecule has 1 aromatic rings. The minimum Gasteiger partial charge on any atom is -0.480 e. The van der Waals surface area contributed by atoms with Crippen molar-refractivity contribution < 1.29 is 23.9 Å². The average Bonchev–Trinajstić information content (AvgIpc) is 2.56. The van der Waals surface area contributed by atoms with Crippen molar-refractivity contribution in [2.24, 2.45) is 0 Å². The molecule has 1 aliphatic rings. The molecule has 106 valence electrons. The van der Waals surface area contributed by atoms with Crippen LogP contribution in [0.3, 0.4) is 0 Å². The molecule has 0 spiro atoms. The van der Waals surface area contributed by atoms with E-state index in [0.717, 1.165) is 0 Å². The number of aliphatic carboxylic acids is 1. The molecule has 1 aromatic carbocycles. The van der Waals surface area contributed by atoms with Crippen LogP contribution < -0.4 is 5.32 Å². The van der Waals surface area contributed by atoms with Crippen LogP contribution in [0.15, 0.2) is 24.3 Å². The molecule has 0 radical (unpaired) electrons. The highest BCUT2D eigenvalue weighted by atomic mass is 19.1. The van der Waals surface area contributed by atoms with Crippen molar-refractivity contribution in [1.29, 1.82) is 0 Å². The summed E-state index contributed by atoms with van der Waals surface area (Å²) in [6, 6.07) is 5.14. The van der Waals surface area contributed by atoms with E-state index >= 15 is 0 Å². The first kappa shape index (κ1) is 14.0. The zero-order valence-corrected chi connectivity index (χ0v) is 10.7. The molecule has 7 heteroatoms. The minimum atomic E-state index is -1.34. The van der Waals surface area contributed by atoms with Crippen molar-refractivity contribution in [2.75, 3.05) is 6.54 Å². The summed E-state index contributed by atoms with van der Waals surface area (Å²) in [7, 11) is 0. The smallest absolute Gasteiger partial charge is 0.325 e. The summed E-state index contributed by atoms with van der Waals surface area (Å²) >= 11 is 0. The molecule has 1 atom stereocenters. The number of halogens is 1. The molecular formula is C13H13FN2O4. The van der Waals surface area contributed by atoms with Crippen LogP contribution in [0.4, 0.5) is 9.18 Å². The van der Waals surface area contributed by atoms with Crippen LogP contribution in [0.1, 0.15) is 12.5 Å². The zero-order valence-electron chi connectivity index (χ0n) is 10.7. The molecule has 1 saturated heterocycles. The molecule has 2 N–H and O–H groups in total. The third kappa shape index (κ3) is 2.47. The van der Waals surface area contributed by atoms with Crippen molar-refractivity contribution in [2.45, 2.75) is 18.9 Å². The summed E-state index contributed by atoms with van der Waals surface area (Å²) in [5, 5.41) is 11.1. The number of carbonyl (C=O) groups excluding carboxylic acids is 2. The number of carboxylic acids is 1. The van der Waals surface area contributed by atoms with E-state index in [2.05, 4.69) is 5.32 Å². The monoisotopic (exact) mass is 280 g/mol. The van der Waals surface area contributed by atoms with E-state index in [-0.39, 0.29) is 12.0 Å². The average molecular weight is 280 g/mol. The summed E-state index contributed by atoms with van der Waals surface area (Å²) in [5.74, 6) is -2.44. The fourth-order valence-electron chi connectivity index (χ4n) is 2.17. The lowest BCUT2D eigenvalue weighted by atomic mass is 9.92. The van der Waals surface area contributed by atoms with Crippen LogP contribution >= 0.6 is 0 Å². The third-order valence-corrected chi connectivity index (χ3v) is 3.14. The van der Waals surface area contributed by atoms with Gasteiger partial charge >= 0.3 is 12.0 Å². The van der Waals surface area contributed by atoms with Gasteiger partial charge in [-0.3, -0.25) is 14.5 Å². The predicted octanol–water partition coefficient (Wildman–Crippen LogP) is 0.763. The number of carboxylic acid groups (broad SMARTS) is 1. The number of urea groups is 1. The summed E-state index contributed by atoms with van der Waals surface area (Å²) < 4.78 is 13.6. The molecule has 0 saturated carbocycles. The van der Waals surface area contributed by atoms with Crippen molar-refractivity contribution >= 4 is 17.9 Å². The summed E-state index contributed by atoms with van der Waals surface area (Å²) in [5.41, 5.74) is -1.06. The van der Waals surface area contributed by atoms with Gasteiger partial charge in [0.1, 0.15) is 17.9 Å². The van der Waals surface area contributed by atoms with Crippen molar-refractivity contribution in [3.8, 4) is 0 Å². The van der Waals surface area contributed by atoms with Crippen LogP contribution in [0.5, 0.6) is 0 Å². The first-order chi connectivity index (χ1) is 9.33. The first-order valence-electron chi connectivity index (χ1n) is 5.93. The Balaban J connectivity index is 2.24. The number of amides is 3. The minimum absolute atomic E-state index is 0.0413. The Morgan fingerprint density at radius 1 is 1.40 bits per heavy atom. The molecule has 1 unspecified atom stereocenters. The molecule has 20 heavy (non-hydrogen) atoms.